The van der Waals surface area contributed by atoms with Crippen LogP contribution in [0.3, 0.4) is 0 Å². The number of hydrogen-bond donors (Lipinski definition) is 0. The van der Waals surface area contributed by atoms with Crippen LogP contribution in [0.5, 0.6) is 0 Å². The molecule has 3 heterocycles. The Morgan fingerprint density at radius 2 is 1.35 bits per heavy atom. The van der Waals surface area contributed by atoms with Crippen LogP contribution >= 0.6 is 23.1 Å². The first-order chi connectivity index (χ1) is 20.8. The molecule has 2 saturated carbocycles. The Morgan fingerprint density at radius 1 is 0.791 bits per heavy atom. The minimum Gasteiger partial charge on any atom is -0.302 e. The number of aromatic nitrogens is 3. The molecule has 2 fully saturated rings. The highest BCUT2D eigenvalue weighted by Gasteiger charge is 2.52. The van der Waals surface area contributed by atoms with Gasteiger partial charge in [-0.2, -0.15) is 8.75 Å². The van der Waals surface area contributed by atoms with E-state index in [0.29, 0.717) is 16.7 Å². The Hall–Kier alpha value is -4.22. The van der Waals surface area contributed by atoms with Crippen molar-refractivity contribution in [3.05, 3.63) is 78.0 Å². The number of alkyl halides is 2. The van der Waals surface area contributed by atoms with E-state index in [4.69, 9.17) is 0 Å². The van der Waals surface area contributed by atoms with Crippen LogP contribution in [0, 0.1) is 25.7 Å². The van der Waals surface area contributed by atoms with Crippen LogP contribution < -0.4 is 4.90 Å². The van der Waals surface area contributed by atoms with Gasteiger partial charge in [0.1, 0.15) is 39.8 Å². The third kappa shape index (κ3) is 4.86. The van der Waals surface area contributed by atoms with Crippen molar-refractivity contribution >= 4 is 73.4 Å². The molecule has 7 rings (SSSR count). The van der Waals surface area contributed by atoms with Crippen LogP contribution in [0.15, 0.2) is 71.9 Å². The van der Waals surface area contributed by atoms with Crippen molar-refractivity contribution in [2.45, 2.75) is 39.0 Å². The number of thiophene rings is 1. The van der Waals surface area contributed by atoms with E-state index < -0.39 is 35.7 Å². The lowest BCUT2D eigenvalue weighted by Crippen LogP contribution is -2.35. The van der Waals surface area contributed by atoms with Gasteiger partial charge in [-0.15, -0.1) is 11.3 Å². The second kappa shape index (κ2) is 10.8. The van der Waals surface area contributed by atoms with Crippen LogP contribution in [-0.2, 0) is 9.59 Å². The van der Waals surface area contributed by atoms with Crippen LogP contribution in [-0.4, -0.2) is 43.4 Å². The summed E-state index contributed by atoms with van der Waals surface area (Å²) >= 11 is 2.53. The van der Waals surface area contributed by atoms with Gasteiger partial charge in [0, 0.05) is 23.2 Å². The minimum absolute atomic E-state index is 0.231. The predicted octanol–water partition coefficient (Wildman–Crippen LogP) is 7.83. The summed E-state index contributed by atoms with van der Waals surface area (Å²) in [5, 5.41) is 0.979. The van der Waals surface area contributed by atoms with Crippen molar-refractivity contribution in [1.29, 1.82) is 0 Å². The largest absolute Gasteiger partial charge is 0.302 e. The Labute approximate surface area is 254 Å². The van der Waals surface area contributed by atoms with Crippen molar-refractivity contribution < 1.29 is 18.4 Å². The molecule has 2 aliphatic rings. The molecule has 216 valence electrons. The highest BCUT2D eigenvalue weighted by atomic mass is 32.1. The number of pyridine rings is 1. The average molecular weight is 614 g/mol. The molecule has 11 heteroatoms. The number of ketones is 2. The van der Waals surface area contributed by atoms with Gasteiger partial charge >= 0.3 is 0 Å². The quantitative estimate of drug-likeness (QED) is 0.201. The zero-order valence-corrected chi connectivity index (χ0v) is 24.8. The maximum absolute atomic E-state index is 14.0. The van der Waals surface area contributed by atoms with E-state index in [1.54, 1.807) is 11.3 Å². The Balaban J connectivity index is 1.25. The number of aliphatic imine (C=N–C) groups is 1. The first-order valence-electron chi connectivity index (χ1n) is 13.9. The molecule has 3 aromatic heterocycles. The van der Waals surface area contributed by atoms with E-state index >= 15 is 0 Å². The van der Waals surface area contributed by atoms with E-state index in [-0.39, 0.29) is 24.2 Å². The summed E-state index contributed by atoms with van der Waals surface area (Å²) in [7, 11) is 0. The number of fused-ring (bicyclic) bond motifs is 2. The number of nitrogens with zero attached hydrogens (tertiary/aromatic N) is 5. The Morgan fingerprint density at radius 3 is 1.93 bits per heavy atom. The molecule has 0 aliphatic heterocycles. The van der Waals surface area contributed by atoms with Gasteiger partial charge in [-0.25, -0.2) is 13.8 Å². The fourth-order valence-electron chi connectivity index (χ4n) is 5.78. The van der Waals surface area contributed by atoms with Gasteiger partial charge in [-0.1, -0.05) is 35.4 Å². The molecule has 0 spiro atoms. The Bertz CT molecular complexity index is 1830. The maximum atomic E-state index is 14.0. The molecule has 2 aromatic carbocycles. The molecule has 5 aromatic rings. The van der Waals surface area contributed by atoms with Gasteiger partial charge in [0.05, 0.1) is 22.8 Å². The van der Waals surface area contributed by atoms with Gasteiger partial charge in [0.15, 0.2) is 17.3 Å². The minimum atomic E-state index is -1.75. The first-order valence-corrected chi connectivity index (χ1v) is 15.4. The summed E-state index contributed by atoms with van der Waals surface area (Å²) < 4.78 is 36.9. The average Bonchev–Trinajstić information content (AvgIpc) is 3.73. The highest BCUT2D eigenvalue weighted by molar-refractivity contribution is 7.19. The van der Waals surface area contributed by atoms with Gasteiger partial charge in [0.2, 0.25) is 0 Å². The van der Waals surface area contributed by atoms with Crippen LogP contribution in [0.25, 0.3) is 21.6 Å². The molecule has 7 nitrogen and oxygen atoms in total. The SMILES string of the molecule is Cc1ccc(N(c2ccc(C)cc2)c2ccc(-c3ncc(N=C4C(=O)C5CC(F)C(F)CC5C4=O)c4nsnc34)s2)cc1. The van der Waals surface area contributed by atoms with Crippen LogP contribution in [0.2, 0.25) is 0 Å². The van der Waals surface area contributed by atoms with Crippen LogP contribution in [0.4, 0.5) is 30.8 Å². The summed E-state index contributed by atoms with van der Waals surface area (Å²) in [6.07, 6.45) is -2.64. The van der Waals surface area contributed by atoms with Crippen molar-refractivity contribution in [1.82, 2.24) is 13.7 Å². The van der Waals surface area contributed by atoms with Gasteiger partial charge in [-0.3, -0.25) is 14.6 Å². The number of carbonyl (C=O) groups excluding carboxylic acids is 2. The van der Waals surface area contributed by atoms with E-state index in [9.17, 15) is 18.4 Å². The van der Waals surface area contributed by atoms with E-state index in [2.05, 4.69) is 86.0 Å². The van der Waals surface area contributed by atoms with Gasteiger partial charge in [0.25, 0.3) is 0 Å². The molecule has 4 atom stereocenters. The van der Waals surface area contributed by atoms with Crippen molar-refractivity contribution in [3.8, 4) is 10.6 Å². The third-order valence-electron chi connectivity index (χ3n) is 8.11. The van der Waals surface area contributed by atoms with Crippen molar-refractivity contribution in [2.75, 3.05) is 4.90 Å². The standard InChI is InChI=1S/C32H25F2N5O2S2/c1-16-3-7-18(8-4-16)39(19-9-5-17(2)6-10-19)26-12-11-25(42-26)28-29-27(37-43-38-29)24(15-35-28)36-30-31(40)20-13-22(33)23(34)14-21(20)32(30)41/h3-12,15,20-23H,13-14H2,1-2H3. The number of benzene rings is 2. The molecule has 2 aliphatic carbocycles. The summed E-state index contributed by atoms with van der Waals surface area (Å²) in [6, 6.07) is 20.7. The third-order valence-corrected chi connectivity index (χ3v) is 9.72. The van der Waals surface area contributed by atoms with E-state index in [0.717, 1.165) is 33.0 Å². The topological polar surface area (TPSA) is 88.4 Å². The number of halogens is 2. The fourth-order valence-corrected chi connectivity index (χ4v) is 7.38. The summed E-state index contributed by atoms with van der Waals surface area (Å²) in [4.78, 5) is 38.1. The van der Waals surface area contributed by atoms with E-state index in [1.165, 1.54) is 17.3 Å². The number of Topliss-reactive ketones (excluding diaryl/α,β-unsaturated/α-hetero) is 2. The lowest BCUT2D eigenvalue weighted by molar-refractivity contribution is -0.123. The summed E-state index contributed by atoms with van der Waals surface area (Å²) in [5.74, 6) is -2.83. The smallest absolute Gasteiger partial charge is 0.188 e. The molecule has 43 heavy (non-hydrogen) atoms. The molecule has 0 saturated heterocycles. The first kappa shape index (κ1) is 27.6. The monoisotopic (exact) mass is 613 g/mol. The van der Waals surface area contributed by atoms with Gasteiger partial charge in [-0.05, 0) is 63.1 Å². The molecular weight excluding hydrogens is 589 g/mol. The summed E-state index contributed by atoms with van der Waals surface area (Å²) in [6.45, 7) is 4.11. The maximum Gasteiger partial charge on any atom is 0.188 e. The zero-order valence-electron chi connectivity index (χ0n) is 23.2. The lowest BCUT2D eigenvalue weighted by Gasteiger charge is -2.27. The highest BCUT2D eigenvalue weighted by Crippen LogP contribution is 2.44. The van der Waals surface area contributed by atoms with Crippen molar-refractivity contribution in [2.24, 2.45) is 16.8 Å². The Kier molecular flexibility index (Phi) is 6.94. The van der Waals surface area contributed by atoms with Crippen LogP contribution in [0.1, 0.15) is 24.0 Å². The number of rotatable bonds is 5. The number of hydrogen-bond acceptors (Lipinski definition) is 9. The molecule has 0 radical (unpaired) electrons. The number of anilines is 3. The molecular formula is C32H25F2N5O2S2. The summed E-state index contributed by atoms with van der Waals surface area (Å²) in [5.41, 5.74) is 5.84. The normalized spacial score (nSPS) is 21.8. The second-order valence-corrected chi connectivity index (χ2v) is 12.6. The van der Waals surface area contributed by atoms with Crippen molar-refractivity contribution in [3.63, 3.8) is 0 Å². The molecule has 0 bridgehead atoms. The van der Waals surface area contributed by atoms with Gasteiger partial charge < -0.3 is 4.90 Å². The molecule has 4 unspecified atom stereocenters. The fraction of sp³-hybridized carbons (Fsp3) is 0.250. The number of aryl methyl sites for hydroxylation is 2. The zero-order chi connectivity index (χ0) is 29.8. The molecule has 0 N–H and O–H groups in total. The second-order valence-electron chi connectivity index (χ2n) is 11.0. The lowest BCUT2D eigenvalue weighted by atomic mass is 9.79. The predicted molar refractivity (Wildman–Crippen MR) is 166 cm³/mol. The number of carbonyl (C=O) groups is 2. The molecule has 0 amide bonds. The van der Waals surface area contributed by atoms with E-state index in [1.807, 2.05) is 12.1 Å².